The van der Waals surface area contributed by atoms with Crippen molar-refractivity contribution in [2.24, 2.45) is 0 Å². The minimum absolute atomic E-state index is 0.655. The molecule has 15 heavy (non-hydrogen) atoms. The van der Waals surface area contributed by atoms with Gasteiger partial charge in [0.2, 0.25) is 0 Å². The van der Waals surface area contributed by atoms with Crippen molar-refractivity contribution >= 4 is 0 Å². The van der Waals surface area contributed by atoms with Gasteiger partial charge in [-0.1, -0.05) is 30.6 Å². The molecule has 1 nitrogen and oxygen atoms in total. The van der Waals surface area contributed by atoms with Crippen LogP contribution in [0.3, 0.4) is 0 Å². The molecule has 0 radical (unpaired) electrons. The third kappa shape index (κ3) is 3.27. The van der Waals surface area contributed by atoms with Crippen LogP contribution in [0.4, 0.5) is 0 Å². The average molecular weight is 200 g/mol. The molecule has 0 saturated carbocycles. The molecule has 0 aliphatic rings. The van der Waals surface area contributed by atoms with E-state index in [0.717, 1.165) is 11.1 Å². The van der Waals surface area contributed by atoms with Crippen molar-refractivity contribution in [1.82, 2.24) is 0 Å². The van der Waals surface area contributed by atoms with Gasteiger partial charge in [0.15, 0.2) is 0 Å². The van der Waals surface area contributed by atoms with E-state index in [9.17, 15) is 5.11 Å². The Morgan fingerprint density at radius 1 is 1.47 bits per heavy atom. The van der Waals surface area contributed by atoms with Crippen LogP contribution in [-0.2, 0) is 0 Å². The monoisotopic (exact) mass is 200 g/mol. The summed E-state index contributed by atoms with van der Waals surface area (Å²) in [6.07, 6.45) is 0. The topological polar surface area (TPSA) is 20.2 Å². The summed E-state index contributed by atoms with van der Waals surface area (Å²) >= 11 is 0. The molecule has 78 valence electrons. The molecule has 0 amide bonds. The maximum Gasteiger partial charge on any atom is 0.144 e. The van der Waals surface area contributed by atoms with E-state index in [0.29, 0.717) is 5.57 Å². The molecule has 0 spiro atoms. The Balaban J connectivity index is 2.96. The first kappa shape index (κ1) is 11.6. The van der Waals surface area contributed by atoms with Crippen molar-refractivity contribution in [2.75, 3.05) is 0 Å². The minimum atomic E-state index is -1.11. The van der Waals surface area contributed by atoms with Crippen LogP contribution in [0.5, 0.6) is 0 Å². The lowest BCUT2D eigenvalue weighted by molar-refractivity contribution is 0.161. The van der Waals surface area contributed by atoms with Crippen LogP contribution in [0.25, 0.3) is 0 Å². The zero-order valence-electron chi connectivity index (χ0n) is 9.46. The van der Waals surface area contributed by atoms with Crippen molar-refractivity contribution in [3.63, 3.8) is 0 Å². The summed E-state index contributed by atoms with van der Waals surface area (Å²) in [5.41, 5.74) is 1.62. The molecule has 1 aromatic rings. The van der Waals surface area contributed by atoms with Crippen LogP contribution in [0, 0.1) is 18.8 Å². The van der Waals surface area contributed by atoms with Crippen molar-refractivity contribution in [3.05, 3.63) is 47.5 Å². The Morgan fingerprint density at radius 3 is 2.67 bits per heavy atom. The van der Waals surface area contributed by atoms with Crippen molar-refractivity contribution in [1.29, 1.82) is 0 Å². The van der Waals surface area contributed by atoms with Crippen molar-refractivity contribution < 1.29 is 5.11 Å². The maximum atomic E-state index is 9.85. The molecule has 1 rings (SSSR count). The van der Waals surface area contributed by atoms with Gasteiger partial charge in [0.05, 0.1) is 0 Å². The van der Waals surface area contributed by atoms with Crippen molar-refractivity contribution in [2.45, 2.75) is 26.4 Å². The van der Waals surface area contributed by atoms with Gasteiger partial charge in [-0.2, -0.15) is 0 Å². The molecule has 1 N–H and O–H groups in total. The molecule has 1 atom stereocenters. The molecule has 0 aliphatic carbocycles. The van der Waals surface area contributed by atoms with Gasteiger partial charge in [-0.15, -0.1) is 0 Å². The summed E-state index contributed by atoms with van der Waals surface area (Å²) in [7, 11) is 0. The van der Waals surface area contributed by atoms with Crippen LogP contribution in [0.2, 0.25) is 0 Å². The molecular weight excluding hydrogens is 184 g/mol. The first-order valence-electron chi connectivity index (χ1n) is 4.90. The van der Waals surface area contributed by atoms with Crippen LogP contribution >= 0.6 is 0 Å². The van der Waals surface area contributed by atoms with E-state index in [1.165, 1.54) is 0 Å². The SMILES string of the molecule is C=C(C)C(C)(O)C#Cc1cccc(C)c1. The summed E-state index contributed by atoms with van der Waals surface area (Å²) in [6, 6.07) is 7.88. The molecule has 0 bridgehead atoms. The normalized spacial score (nSPS) is 13.6. The second kappa shape index (κ2) is 4.33. The number of aliphatic hydroxyl groups is 1. The number of hydrogen-bond acceptors (Lipinski definition) is 1. The maximum absolute atomic E-state index is 9.85. The van der Waals surface area contributed by atoms with Gasteiger partial charge in [-0.25, -0.2) is 0 Å². The second-order valence-corrected chi connectivity index (χ2v) is 3.97. The van der Waals surface area contributed by atoms with Gasteiger partial charge >= 0.3 is 0 Å². The van der Waals surface area contributed by atoms with E-state index in [1.54, 1.807) is 13.8 Å². The molecule has 0 fully saturated rings. The zero-order valence-corrected chi connectivity index (χ0v) is 9.46. The predicted molar refractivity (Wildman–Crippen MR) is 63.5 cm³/mol. The fourth-order valence-corrected chi connectivity index (χ4v) is 1.02. The number of benzene rings is 1. The lowest BCUT2D eigenvalue weighted by Crippen LogP contribution is -2.22. The largest absolute Gasteiger partial charge is 0.374 e. The highest BCUT2D eigenvalue weighted by Crippen LogP contribution is 2.12. The van der Waals surface area contributed by atoms with Gasteiger partial charge in [0, 0.05) is 5.56 Å². The molecule has 0 aromatic heterocycles. The lowest BCUT2D eigenvalue weighted by atomic mass is 9.99. The summed E-state index contributed by atoms with van der Waals surface area (Å²) < 4.78 is 0. The standard InChI is InChI=1S/C14H16O/c1-11(2)14(4,15)9-8-13-7-5-6-12(3)10-13/h5-7,10,15H,1H2,2-4H3. The van der Waals surface area contributed by atoms with Crippen LogP contribution < -0.4 is 0 Å². The van der Waals surface area contributed by atoms with E-state index in [1.807, 2.05) is 31.2 Å². The van der Waals surface area contributed by atoms with Gasteiger partial charge in [0.25, 0.3) is 0 Å². The summed E-state index contributed by atoms with van der Waals surface area (Å²) in [6.45, 7) is 9.14. The molecular formula is C14H16O. The Labute approximate surface area is 91.5 Å². The highest BCUT2D eigenvalue weighted by Gasteiger charge is 2.16. The van der Waals surface area contributed by atoms with E-state index in [2.05, 4.69) is 18.4 Å². The third-order valence-corrected chi connectivity index (χ3v) is 2.30. The molecule has 0 aliphatic heterocycles. The summed E-state index contributed by atoms with van der Waals surface area (Å²) in [5, 5.41) is 9.85. The molecule has 0 saturated heterocycles. The number of rotatable bonds is 1. The highest BCUT2D eigenvalue weighted by atomic mass is 16.3. The van der Waals surface area contributed by atoms with E-state index in [-0.39, 0.29) is 0 Å². The first-order valence-corrected chi connectivity index (χ1v) is 4.90. The van der Waals surface area contributed by atoms with Crippen molar-refractivity contribution in [3.8, 4) is 11.8 Å². The summed E-state index contributed by atoms with van der Waals surface area (Å²) in [5.74, 6) is 5.75. The molecule has 1 unspecified atom stereocenters. The fourth-order valence-electron chi connectivity index (χ4n) is 1.02. The number of aryl methyl sites for hydroxylation is 1. The van der Waals surface area contributed by atoms with Gasteiger partial charge in [0.1, 0.15) is 5.60 Å². The highest BCUT2D eigenvalue weighted by molar-refractivity contribution is 5.40. The summed E-state index contributed by atoms with van der Waals surface area (Å²) in [4.78, 5) is 0. The quantitative estimate of drug-likeness (QED) is 0.546. The Kier molecular flexibility index (Phi) is 3.34. The van der Waals surface area contributed by atoms with Gasteiger partial charge in [-0.3, -0.25) is 0 Å². The van der Waals surface area contributed by atoms with Crippen LogP contribution in [0.15, 0.2) is 36.4 Å². The minimum Gasteiger partial charge on any atom is -0.374 e. The third-order valence-electron chi connectivity index (χ3n) is 2.30. The Bertz CT molecular complexity index is 430. The number of hydrogen-bond donors (Lipinski definition) is 1. The van der Waals surface area contributed by atoms with Crippen LogP contribution in [-0.4, -0.2) is 10.7 Å². The Morgan fingerprint density at radius 2 is 2.13 bits per heavy atom. The predicted octanol–water partition coefficient (Wildman–Crippen LogP) is 2.67. The van der Waals surface area contributed by atoms with Crippen LogP contribution in [0.1, 0.15) is 25.0 Å². The van der Waals surface area contributed by atoms with E-state index in [4.69, 9.17) is 0 Å². The zero-order chi connectivity index (χ0) is 11.5. The lowest BCUT2D eigenvalue weighted by Gasteiger charge is -2.15. The van der Waals surface area contributed by atoms with Gasteiger partial charge in [-0.05, 0) is 44.0 Å². The molecule has 0 heterocycles. The molecule has 1 heteroatoms. The Hall–Kier alpha value is -1.52. The molecule has 1 aromatic carbocycles. The smallest absolute Gasteiger partial charge is 0.144 e. The average Bonchev–Trinajstić information content (AvgIpc) is 2.15. The van der Waals surface area contributed by atoms with Gasteiger partial charge < -0.3 is 5.11 Å². The van der Waals surface area contributed by atoms with E-state index < -0.39 is 5.60 Å². The fraction of sp³-hybridized carbons (Fsp3) is 0.286. The first-order chi connectivity index (χ1) is 6.92. The van der Waals surface area contributed by atoms with E-state index >= 15 is 0 Å². The second-order valence-electron chi connectivity index (χ2n) is 3.97.